The van der Waals surface area contributed by atoms with Crippen LogP contribution in [0, 0.1) is 5.92 Å². The molecule has 0 saturated heterocycles. The third-order valence-corrected chi connectivity index (χ3v) is 4.70. The van der Waals surface area contributed by atoms with Crippen molar-refractivity contribution in [1.29, 1.82) is 0 Å². The van der Waals surface area contributed by atoms with Crippen molar-refractivity contribution < 1.29 is 18.0 Å². The molecule has 3 rings (SSSR count). The number of pyridine rings is 1. The first-order valence-corrected chi connectivity index (χ1v) is 8.67. The molecule has 2 aliphatic rings. The molecule has 0 bridgehead atoms. The van der Waals surface area contributed by atoms with E-state index >= 15 is 0 Å². The predicted octanol–water partition coefficient (Wildman–Crippen LogP) is 3.18. The molecule has 0 spiro atoms. The average Bonchev–Trinajstić information content (AvgIpc) is 3.41. The summed E-state index contributed by atoms with van der Waals surface area (Å²) in [6.07, 6.45) is 1.51. The Bertz CT molecular complexity index is 751. The Labute approximate surface area is 150 Å². The highest BCUT2D eigenvalue weighted by molar-refractivity contribution is 5.81. The van der Waals surface area contributed by atoms with E-state index in [9.17, 15) is 18.0 Å². The second kappa shape index (κ2) is 7.23. The molecular weight excluding hydrogens is 343 g/mol. The minimum absolute atomic E-state index is 0.0328. The largest absolute Gasteiger partial charge is 0.417 e. The van der Waals surface area contributed by atoms with Gasteiger partial charge in [-0.2, -0.15) is 13.2 Å². The monoisotopic (exact) mass is 365 g/mol. The summed E-state index contributed by atoms with van der Waals surface area (Å²) in [4.78, 5) is 17.9. The number of carbonyl (C=O) groups is 1. The fraction of sp³-hybridized carbons (Fsp3) is 0.474. The Kier molecular flexibility index (Phi) is 5.18. The van der Waals surface area contributed by atoms with Crippen molar-refractivity contribution in [2.75, 3.05) is 20.1 Å². The van der Waals surface area contributed by atoms with Gasteiger partial charge in [-0.25, -0.2) is 4.98 Å². The third kappa shape index (κ3) is 4.33. The van der Waals surface area contributed by atoms with Gasteiger partial charge in [-0.3, -0.25) is 4.79 Å². The molecule has 0 unspecified atom stereocenters. The Hall–Kier alpha value is -2.15. The van der Waals surface area contributed by atoms with Crippen molar-refractivity contribution >= 4 is 17.6 Å². The Morgan fingerprint density at radius 2 is 2.19 bits per heavy atom. The fourth-order valence-electron chi connectivity index (χ4n) is 3.01. The molecule has 1 fully saturated rings. The van der Waals surface area contributed by atoms with Gasteiger partial charge >= 0.3 is 6.18 Å². The van der Waals surface area contributed by atoms with Crippen molar-refractivity contribution in [3.63, 3.8) is 0 Å². The van der Waals surface area contributed by atoms with Crippen LogP contribution < -0.4 is 5.32 Å². The van der Waals surface area contributed by atoms with Crippen molar-refractivity contribution in [2.45, 2.75) is 32.0 Å². The molecule has 1 N–H and O–H groups in total. The number of hydrogen-bond donors (Lipinski definition) is 1. The topological polar surface area (TPSA) is 45.2 Å². The van der Waals surface area contributed by atoms with Gasteiger partial charge in [0.1, 0.15) is 0 Å². The maximum Gasteiger partial charge on any atom is 0.417 e. The van der Waals surface area contributed by atoms with Crippen molar-refractivity contribution in [3.05, 3.63) is 41.2 Å². The summed E-state index contributed by atoms with van der Waals surface area (Å²) >= 11 is 0. The number of carbonyl (C=O) groups excluding carboxylic acids is 1. The van der Waals surface area contributed by atoms with Crippen LogP contribution in [0.15, 0.2) is 18.7 Å². The second-order valence-electron chi connectivity index (χ2n) is 6.92. The van der Waals surface area contributed by atoms with Crippen LogP contribution in [0.5, 0.6) is 0 Å². The van der Waals surface area contributed by atoms with Crippen molar-refractivity contribution in [2.24, 2.45) is 5.92 Å². The van der Waals surface area contributed by atoms with Crippen molar-refractivity contribution in [1.82, 2.24) is 15.2 Å². The molecule has 7 heteroatoms. The first-order chi connectivity index (χ1) is 12.3. The Morgan fingerprint density at radius 1 is 1.46 bits per heavy atom. The lowest BCUT2D eigenvalue weighted by Gasteiger charge is -2.27. The van der Waals surface area contributed by atoms with E-state index in [1.807, 2.05) is 7.05 Å². The van der Waals surface area contributed by atoms with Gasteiger partial charge in [0.05, 0.1) is 17.0 Å². The summed E-state index contributed by atoms with van der Waals surface area (Å²) in [5.74, 6) is 0.161. The van der Waals surface area contributed by atoms with E-state index in [2.05, 4.69) is 21.8 Å². The van der Waals surface area contributed by atoms with Crippen LogP contribution in [0.2, 0.25) is 0 Å². The molecule has 2 heterocycles. The summed E-state index contributed by atoms with van der Waals surface area (Å²) in [6.45, 7) is 4.92. The van der Waals surface area contributed by atoms with Gasteiger partial charge in [0, 0.05) is 25.6 Å². The molecule has 1 saturated carbocycles. The highest BCUT2D eigenvalue weighted by atomic mass is 19.4. The molecule has 1 aromatic rings. The summed E-state index contributed by atoms with van der Waals surface area (Å²) in [7, 11) is 1.94. The second-order valence-corrected chi connectivity index (χ2v) is 6.92. The maximum absolute atomic E-state index is 13.0. The zero-order valence-electron chi connectivity index (χ0n) is 14.7. The molecule has 26 heavy (non-hydrogen) atoms. The van der Waals surface area contributed by atoms with Gasteiger partial charge in [-0.05, 0) is 49.6 Å². The number of hydrogen-bond acceptors (Lipinski definition) is 3. The number of alkyl halides is 3. The van der Waals surface area contributed by atoms with Crippen LogP contribution >= 0.6 is 0 Å². The molecule has 140 valence electrons. The van der Waals surface area contributed by atoms with Crippen LogP contribution in [0.1, 0.15) is 35.4 Å². The first-order valence-electron chi connectivity index (χ1n) is 8.67. The molecule has 0 aromatic carbocycles. The van der Waals surface area contributed by atoms with Crippen LogP contribution in [-0.4, -0.2) is 42.1 Å². The minimum atomic E-state index is -4.51. The predicted molar refractivity (Wildman–Crippen MR) is 94.1 cm³/mol. The van der Waals surface area contributed by atoms with E-state index in [0.717, 1.165) is 36.9 Å². The molecular formula is C19H22F3N3O. The van der Waals surface area contributed by atoms with Gasteiger partial charge in [0.2, 0.25) is 5.91 Å². The number of rotatable bonds is 5. The quantitative estimate of drug-likeness (QED) is 0.872. The summed E-state index contributed by atoms with van der Waals surface area (Å²) < 4.78 is 39.1. The highest BCUT2D eigenvalue weighted by Crippen LogP contribution is 2.34. The lowest BCUT2D eigenvalue weighted by Crippen LogP contribution is -2.28. The maximum atomic E-state index is 13.0. The number of amides is 1. The molecule has 1 aliphatic heterocycles. The number of nitrogens with zero attached hydrogens (tertiary/aromatic N) is 2. The fourth-order valence-corrected chi connectivity index (χ4v) is 3.01. The normalized spacial score (nSPS) is 18.0. The van der Waals surface area contributed by atoms with Gasteiger partial charge in [-0.15, -0.1) is 0 Å². The Balaban J connectivity index is 1.83. The zero-order chi connectivity index (χ0) is 18.9. The molecule has 4 nitrogen and oxygen atoms in total. The van der Waals surface area contributed by atoms with Gasteiger partial charge < -0.3 is 10.2 Å². The summed E-state index contributed by atoms with van der Waals surface area (Å²) in [6, 6.07) is 1.49. The summed E-state index contributed by atoms with van der Waals surface area (Å²) in [5.41, 5.74) is 1.25. The Morgan fingerprint density at radius 3 is 2.85 bits per heavy atom. The molecule has 1 amide bonds. The zero-order valence-corrected chi connectivity index (χ0v) is 14.7. The summed E-state index contributed by atoms with van der Waals surface area (Å²) in [5, 5.41) is 2.80. The number of halogens is 3. The minimum Gasteiger partial charge on any atom is -0.352 e. The number of aromatic nitrogens is 1. The smallest absolute Gasteiger partial charge is 0.352 e. The molecule has 1 aliphatic carbocycles. The van der Waals surface area contributed by atoms with E-state index in [-0.39, 0.29) is 17.5 Å². The van der Waals surface area contributed by atoms with E-state index in [0.29, 0.717) is 18.8 Å². The number of nitrogens with one attached hydrogen (secondary N) is 1. The number of fused-ring (bicyclic) bond motifs is 1. The van der Waals surface area contributed by atoms with Gasteiger partial charge in [0.15, 0.2) is 0 Å². The highest BCUT2D eigenvalue weighted by Gasteiger charge is 2.34. The van der Waals surface area contributed by atoms with Gasteiger partial charge in [-0.1, -0.05) is 12.7 Å². The standard InChI is InChI=1S/C19H22F3N3O/c1-12(19(20,21)22)17-10-14-11-25(2)9-7-15(14)16(24-17)4-3-8-23-18(26)13-5-6-13/h3-4,10,13H,1,5-9,11H2,2H3,(H,23,26)/b4-3+. The van der Waals surface area contributed by atoms with Crippen molar-refractivity contribution in [3.8, 4) is 0 Å². The van der Waals surface area contributed by atoms with E-state index in [1.54, 1.807) is 12.2 Å². The molecule has 0 atom stereocenters. The average molecular weight is 365 g/mol. The van der Waals surface area contributed by atoms with Crippen LogP contribution in [0.3, 0.4) is 0 Å². The number of likely N-dealkylation sites (N-methyl/N-ethyl adjacent to an activating group) is 1. The van der Waals surface area contributed by atoms with Crippen LogP contribution in [0.4, 0.5) is 13.2 Å². The SMILES string of the molecule is C=C(c1cc2c(c(/C=C/CNC(=O)C3CC3)n1)CCN(C)C2)C(F)(F)F. The lowest BCUT2D eigenvalue weighted by atomic mass is 9.96. The van der Waals surface area contributed by atoms with Crippen LogP contribution in [0.25, 0.3) is 11.6 Å². The first kappa shape index (κ1) is 18.6. The van der Waals surface area contributed by atoms with E-state index in [4.69, 9.17) is 0 Å². The van der Waals surface area contributed by atoms with Gasteiger partial charge in [0.25, 0.3) is 0 Å². The van der Waals surface area contributed by atoms with Crippen LogP contribution in [-0.2, 0) is 17.8 Å². The van der Waals surface area contributed by atoms with E-state index < -0.39 is 11.7 Å². The lowest BCUT2D eigenvalue weighted by molar-refractivity contribution is -0.122. The molecule has 0 radical (unpaired) electrons. The van der Waals surface area contributed by atoms with E-state index in [1.165, 1.54) is 6.07 Å². The molecule has 1 aromatic heterocycles. The number of allylic oxidation sites excluding steroid dienone is 1. The third-order valence-electron chi connectivity index (χ3n) is 4.70.